The van der Waals surface area contributed by atoms with E-state index < -0.39 is 0 Å². The maximum Gasteiger partial charge on any atom is 0.102 e. The molecule has 0 radical (unpaired) electrons. The molecule has 124 valence electrons. The van der Waals surface area contributed by atoms with Crippen molar-refractivity contribution in [3.8, 4) is 22.5 Å². The smallest absolute Gasteiger partial charge is 0.102 e. The number of fused-ring (bicyclic) bond motifs is 1. The number of pyridine rings is 1. The van der Waals surface area contributed by atoms with E-state index in [-0.39, 0.29) is 6.61 Å². The van der Waals surface area contributed by atoms with Crippen LogP contribution in [-0.4, -0.2) is 19.9 Å². The summed E-state index contributed by atoms with van der Waals surface area (Å²) in [5, 5.41) is 15.1. The van der Waals surface area contributed by atoms with Crippen LogP contribution in [0.15, 0.2) is 60.8 Å². The molecule has 4 heteroatoms. The van der Waals surface area contributed by atoms with Gasteiger partial charge in [-0.25, -0.2) is 4.98 Å². The molecule has 4 nitrogen and oxygen atoms in total. The van der Waals surface area contributed by atoms with Gasteiger partial charge in [-0.1, -0.05) is 42.5 Å². The van der Waals surface area contributed by atoms with Gasteiger partial charge in [0.05, 0.1) is 17.8 Å². The molecule has 2 heterocycles. The zero-order valence-electron chi connectivity index (χ0n) is 14.3. The highest BCUT2D eigenvalue weighted by Gasteiger charge is 2.14. The topological polar surface area (TPSA) is 50.9 Å². The summed E-state index contributed by atoms with van der Waals surface area (Å²) < 4.78 is 1.82. The predicted octanol–water partition coefficient (Wildman–Crippen LogP) is 4.10. The largest absolute Gasteiger partial charge is 0.392 e. The summed E-state index contributed by atoms with van der Waals surface area (Å²) in [4.78, 5) is 4.85. The van der Waals surface area contributed by atoms with Crippen LogP contribution >= 0.6 is 0 Å². The molecule has 4 aromatic rings. The van der Waals surface area contributed by atoms with Crippen LogP contribution in [-0.2, 0) is 13.7 Å². The van der Waals surface area contributed by atoms with E-state index in [9.17, 15) is 5.11 Å². The monoisotopic (exact) mass is 329 g/mol. The molecule has 0 fully saturated rings. The molecule has 0 aliphatic rings. The number of hydrogen-bond donors (Lipinski definition) is 1. The first-order chi connectivity index (χ1) is 12.2. The highest BCUT2D eigenvalue weighted by Crippen LogP contribution is 2.32. The van der Waals surface area contributed by atoms with Gasteiger partial charge in [-0.2, -0.15) is 5.10 Å². The van der Waals surface area contributed by atoms with Crippen LogP contribution < -0.4 is 0 Å². The van der Waals surface area contributed by atoms with Crippen molar-refractivity contribution in [1.82, 2.24) is 14.8 Å². The molecule has 1 N–H and O–H groups in total. The Bertz CT molecular complexity index is 1050. The third-order valence-electron chi connectivity index (χ3n) is 4.42. The van der Waals surface area contributed by atoms with Crippen LogP contribution in [0.3, 0.4) is 0 Å². The van der Waals surface area contributed by atoms with E-state index in [2.05, 4.69) is 30.2 Å². The van der Waals surface area contributed by atoms with E-state index >= 15 is 0 Å². The zero-order chi connectivity index (χ0) is 17.4. The second-order valence-electron chi connectivity index (χ2n) is 6.27. The van der Waals surface area contributed by atoms with Crippen LogP contribution in [0, 0.1) is 6.92 Å². The van der Waals surface area contributed by atoms with E-state index in [1.807, 2.05) is 54.3 Å². The van der Waals surface area contributed by atoms with Crippen molar-refractivity contribution >= 4 is 10.9 Å². The fourth-order valence-corrected chi connectivity index (χ4v) is 3.17. The summed E-state index contributed by atoms with van der Waals surface area (Å²) in [6.07, 6.45) is 2.01. The summed E-state index contributed by atoms with van der Waals surface area (Å²) in [6, 6.07) is 18.2. The van der Waals surface area contributed by atoms with Gasteiger partial charge in [0.15, 0.2) is 0 Å². The minimum atomic E-state index is 0.0169. The lowest BCUT2D eigenvalue weighted by molar-refractivity contribution is 0.282. The minimum Gasteiger partial charge on any atom is -0.392 e. The lowest BCUT2D eigenvalue weighted by Crippen LogP contribution is -1.92. The third-order valence-corrected chi connectivity index (χ3v) is 4.42. The van der Waals surface area contributed by atoms with Crippen LogP contribution in [0.25, 0.3) is 33.4 Å². The fourth-order valence-electron chi connectivity index (χ4n) is 3.17. The Morgan fingerprint density at radius 1 is 1.04 bits per heavy atom. The summed E-state index contributed by atoms with van der Waals surface area (Å²) in [5.41, 5.74) is 6.82. The molecule has 0 amide bonds. The van der Waals surface area contributed by atoms with Crippen molar-refractivity contribution < 1.29 is 5.11 Å². The van der Waals surface area contributed by atoms with Crippen molar-refractivity contribution in [3.63, 3.8) is 0 Å². The summed E-state index contributed by atoms with van der Waals surface area (Å²) in [6.45, 7) is 2.10. The quantitative estimate of drug-likeness (QED) is 0.615. The number of aliphatic hydroxyl groups excluding tert-OH is 1. The Labute approximate surface area is 146 Å². The van der Waals surface area contributed by atoms with Gasteiger partial charge in [0.1, 0.15) is 5.69 Å². The summed E-state index contributed by atoms with van der Waals surface area (Å²) >= 11 is 0. The SMILES string of the molecule is Cc1cc(-c2cn(C)nc2-c2ccccc2)nc2cc(CO)ccc12. The van der Waals surface area contributed by atoms with Crippen LogP contribution in [0.4, 0.5) is 0 Å². The third kappa shape index (κ3) is 2.81. The molecule has 0 aliphatic carbocycles. The highest BCUT2D eigenvalue weighted by molar-refractivity contribution is 5.88. The predicted molar refractivity (Wildman–Crippen MR) is 100 cm³/mol. The number of benzene rings is 2. The second kappa shape index (κ2) is 6.15. The summed E-state index contributed by atoms with van der Waals surface area (Å²) in [5.74, 6) is 0. The normalized spacial score (nSPS) is 11.2. The number of hydrogen-bond acceptors (Lipinski definition) is 3. The van der Waals surface area contributed by atoms with Gasteiger partial charge in [-0.05, 0) is 30.2 Å². The number of rotatable bonds is 3. The van der Waals surface area contributed by atoms with E-state index in [0.717, 1.165) is 44.5 Å². The molecular formula is C21H19N3O. The van der Waals surface area contributed by atoms with Crippen molar-refractivity contribution in [3.05, 3.63) is 71.9 Å². The standard InChI is InChI=1S/C21H19N3O/c1-14-10-19(22-20-11-15(13-25)8-9-17(14)20)18-12-24(2)23-21(18)16-6-4-3-5-7-16/h3-12,25H,13H2,1-2H3. The van der Waals surface area contributed by atoms with Crippen LogP contribution in [0.5, 0.6) is 0 Å². The fraction of sp³-hybridized carbons (Fsp3) is 0.143. The van der Waals surface area contributed by atoms with Gasteiger partial charge in [-0.3, -0.25) is 4.68 Å². The lowest BCUT2D eigenvalue weighted by atomic mass is 10.0. The van der Waals surface area contributed by atoms with Gasteiger partial charge >= 0.3 is 0 Å². The van der Waals surface area contributed by atoms with Crippen LogP contribution in [0.1, 0.15) is 11.1 Å². The van der Waals surface area contributed by atoms with E-state index in [4.69, 9.17) is 4.98 Å². The molecule has 4 rings (SSSR count). The molecule has 25 heavy (non-hydrogen) atoms. The minimum absolute atomic E-state index is 0.0169. The molecule has 0 spiro atoms. The average molecular weight is 329 g/mol. The molecule has 0 saturated heterocycles. The van der Waals surface area contributed by atoms with Gasteiger partial charge in [-0.15, -0.1) is 0 Å². The second-order valence-corrected chi connectivity index (χ2v) is 6.27. The van der Waals surface area contributed by atoms with Crippen molar-refractivity contribution in [2.24, 2.45) is 7.05 Å². The van der Waals surface area contributed by atoms with Crippen molar-refractivity contribution in [2.75, 3.05) is 0 Å². The van der Waals surface area contributed by atoms with E-state index in [1.54, 1.807) is 0 Å². The maximum absolute atomic E-state index is 9.41. The molecule has 2 aromatic carbocycles. The highest BCUT2D eigenvalue weighted by atomic mass is 16.3. The average Bonchev–Trinajstić information content (AvgIpc) is 3.03. The number of nitrogens with zero attached hydrogens (tertiary/aromatic N) is 3. The van der Waals surface area contributed by atoms with Crippen molar-refractivity contribution in [1.29, 1.82) is 0 Å². The Kier molecular flexibility index (Phi) is 3.82. The van der Waals surface area contributed by atoms with Gasteiger partial charge in [0.25, 0.3) is 0 Å². The van der Waals surface area contributed by atoms with Gasteiger partial charge in [0.2, 0.25) is 0 Å². The Morgan fingerprint density at radius 2 is 1.84 bits per heavy atom. The lowest BCUT2D eigenvalue weighted by Gasteiger charge is -2.08. The van der Waals surface area contributed by atoms with E-state index in [1.165, 1.54) is 0 Å². The van der Waals surface area contributed by atoms with E-state index in [0.29, 0.717) is 0 Å². The van der Waals surface area contributed by atoms with Crippen LogP contribution in [0.2, 0.25) is 0 Å². The first-order valence-corrected chi connectivity index (χ1v) is 8.26. The molecular weight excluding hydrogens is 310 g/mol. The Balaban J connectivity index is 1.93. The van der Waals surface area contributed by atoms with Gasteiger partial charge < -0.3 is 5.11 Å². The molecule has 0 atom stereocenters. The number of aromatic nitrogens is 3. The first-order valence-electron chi connectivity index (χ1n) is 8.26. The number of aryl methyl sites for hydroxylation is 2. The summed E-state index contributed by atoms with van der Waals surface area (Å²) in [7, 11) is 1.92. The Morgan fingerprint density at radius 3 is 2.60 bits per heavy atom. The van der Waals surface area contributed by atoms with Crippen molar-refractivity contribution in [2.45, 2.75) is 13.5 Å². The first kappa shape index (κ1) is 15.5. The zero-order valence-corrected chi connectivity index (χ0v) is 14.3. The molecule has 0 unspecified atom stereocenters. The van der Waals surface area contributed by atoms with Gasteiger partial charge in [0, 0.05) is 29.8 Å². The molecule has 2 aromatic heterocycles. The number of aliphatic hydroxyl groups is 1. The molecule has 0 saturated carbocycles. The molecule has 0 bridgehead atoms. The Hall–Kier alpha value is -2.98. The molecule has 0 aliphatic heterocycles. The maximum atomic E-state index is 9.41.